The van der Waals surface area contributed by atoms with Crippen molar-refractivity contribution >= 4 is 6.08 Å². The Hall–Kier alpha value is -1.82. The standard InChI is InChI=1S/C18H18/c1-13-7-8-15(11-14(13)2)12-17-10-9-16-5-3-4-6-18(16)17/h3-11,17H,12H2,1-2H3. The van der Waals surface area contributed by atoms with Crippen LogP contribution in [0, 0.1) is 13.8 Å². The number of hydrogen-bond acceptors (Lipinski definition) is 0. The van der Waals surface area contributed by atoms with Gasteiger partial charge in [-0.1, -0.05) is 54.6 Å². The maximum absolute atomic E-state index is 2.33. The van der Waals surface area contributed by atoms with Crippen LogP contribution >= 0.6 is 0 Å². The van der Waals surface area contributed by atoms with E-state index in [0.29, 0.717) is 5.92 Å². The second kappa shape index (κ2) is 4.45. The summed E-state index contributed by atoms with van der Waals surface area (Å²) in [5, 5.41) is 0. The second-order valence-corrected chi connectivity index (χ2v) is 5.22. The molecule has 2 aromatic carbocycles. The first-order valence-electron chi connectivity index (χ1n) is 6.57. The van der Waals surface area contributed by atoms with Crippen LogP contribution in [-0.4, -0.2) is 0 Å². The molecule has 18 heavy (non-hydrogen) atoms. The van der Waals surface area contributed by atoms with Crippen LogP contribution in [0.1, 0.15) is 33.7 Å². The Balaban J connectivity index is 1.86. The predicted molar refractivity (Wildman–Crippen MR) is 77.8 cm³/mol. The van der Waals surface area contributed by atoms with Crippen molar-refractivity contribution in [3.8, 4) is 0 Å². The fraction of sp³-hybridized carbons (Fsp3) is 0.222. The lowest BCUT2D eigenvalue weighted by molar-refractivity contribution is 0.848. The normalized spacial score (nSPS) is 16.9. The molecule has 0 spiro atoms. The number of hydrogen-bond donors (Lipinski definition) is 0. The van der Waals surface area contributed by atoms with E-state index in [0.717, 1.165) is 6.42 Å². The van der Waals surface area contributed by atoms with Gasteiger partial charge in [-0.05, 0) is 48.1 Å². The third kappa shape index (κ3) is 1.99. The minimum Gasteiger partial charge on any atom is -0.0760 e. The Bertz CT molecular complexity index is 605. The molecule has 0 bridgehead atoms. The van der Waals surface area contributed by atoms with Gasteiger partial charge in [-0.2, -0.15) is 0 Å². The zero-order chi connectivity index (χ0) is 12.5. The van der Waals surface area contributed by atoms with Crippen molar-refractivity contribution in [3.63, 3.8) is 0 Å². The van der Waals surface area contributed by atoms with Crippen LogP contribution in [0.5, 0.6) is 0 Å². The number of fused-ring (bicyclic) bond motifs is 1. The van der Waals surface area contributed by atoms with Crippen molar-refractivity contribution in [1.82, 2.24) is 0 Å². The molecular weight excluding hydrogens is 216 g/mol. The highest BCUT2D eigenvalue weighted by Crippen LogP contribution is 2.32. The van der Waals surface area contributed by atoms with E-state index < -0.39 is 0 Å². The SMILES string of the molecule is Cc1ccc(CC2C=Cc3ccccc32)cc1C. The quantitative estimate of drug-likeness (QED) is 0.709. The van der Waals surface area contributed by atoms with Crippen molar-refractivity contribution < 1.29 is 0 Å². The summed E-state index contributed by atoms with van der Waals surface area (Å²) in [6.45, 7) is 4.36. The molecule has 2 aromatic rings. The largest absolute Gasteiger partial charge is 0.0760 e. The zero-order valence-electron chi connectivity index (χ0n) is 11.0. The lowest BCUT2D eigenvalue weighted by Gasteiger charge is -2.12. The summed E-state index contributed by atoms with van der Waals surface area (Å²) in [6.07, 6.45) is 5.69. The van der Waals surface area contributed by atoms with Crippen LogP contribution in [0.2, 0.25) is 0 Å². The van der Waals surface area contributed by atoms with E-state index in [1.54, 1.807) is 0 Å². The lowest BCUT2D eigenvalue weighted by Crippen LogP contribution is -1.98. The number of rotatable bonds is 2. The van der Waals surface area contributed by atoms with Gasteiger partial charge in [0.25, 0.3) is 0 Å². The van der Waals surface area contributed by atoms with Gasteiger partial charge in [0.05, 0.1) is 0 Å². The van der Waals surface area contributed by atoms with Gasteiger partial charge in [0.2, 0.25) is 0 Å². The first-order chi connectivity index (χ1) is 8.74. The molecule has 3 rings (SSSR count). The summed E-state index contributed by atoms with van der Waals surface area (Å²) in [6, 6.07) is 15.5. The van der Waals surface area contributed by atoms with Gasteiger partial charge in [-0.3, -0.25) is 0 Å². The monoisotopic (exact) mass is 234 g/mol. The van der Waals surface area contributed by atoms with Gasteiger partial charge in [0.1, 0.15) is 0 Å². The molecule has 0 nitrogen and oxygen atoms in total. The summed E-state index contributed by atoms with van der Waals surface area (Å²) in [7, 11) is 0. The molecule has 0 saturated carbocycles. The fourth-order valence-electron chi connectivity index (χ4n) is 2.69. The van der Waals surface area contributed by atoms with E-state index in [1.165, 1.54) is 27.8 Å². The summed E-state index contributed by atoms with van der Waals surface area (Å²) in [5.74, 6) is 0.545. The van der Waals surface area contributed by atoms with Crippen LogP contribution in [0.4, 0.5) is 0 Å². The Kier molecular flexibility index (Phi) is 2.79. The van der Waals surface area contributed by atoms with Crippen molar-refractivity contribution in [2.24, 2.45) is 0 Å². The van der Waals surface area contributed by atoms with E-state index in [2.05, 4.69) is 68.5 Å². The second-order valence-electron chi connectivity index (χ2n) is 5.22. The number of benzene rings is 2. The van der Waals surface area contributed by atoms with E-state index in [4.69, 9.17) is 0 Å². The van der Waals surface area contributed by atoms with E-state index in [9.17, 15) is 0 Å². The molecule has 0 aromatic heterocycles. The highest BCUT2D eigenvalue weighted by atomic mass is 14.2. The smallest absolute Gasteiger partial charge is 0.00676 e. The Morgan fingerprint density at radius 2 is 1.78 bits per heavy atom. The average Bonchev–Trinajstić information content (AvgIpc) is 2.78. The van der Waals surface area contributed by atoms with Crippen LogP contribution in [-0.2, 0) is 6.42 Å². The average molecular weight is 234 g/mol. The van der Waals surface area contributed by atoms with E-state index in [1.807, 2.05) is 0 Å². The van der Waals surface area contributed by atoms with Gasteiger partial charge >= 0.3 is 0 Å². The maximum Gasteiger partial charge on any atom is 0.00676 e. The molecule has 90 valence electrons. The number of aryl methyl sites for hydroxylation is 2. The Morgan fingerprint density at radius 3 is 2.61 bits per heavy atom. The van der Waals surface area contributed by atoms with Crippen LogP contribution in [0.3, 0.4) is 0 Å². The minimum atomic E-state index is 0.545. The third-order valence-corrected chi connectivity index (χ3v) is 3.93. The van der Waals surface area contributed by atoms with Crippen LogP contribution < -0.4 is 0 Å². The van der Waals surface area contributed by atoms with Gasteiger partial charge in [0, 0.05) is 5.92 Å². The Labute approximate surface area is 109 Å². The molecule has 0 N–H and O–H groups in total. The molecule has 0 amide bonds. The molecule has 1 aliphatic rings. The molecule has 0 fully saturated rings. The highest BCUT2D eigenvalue weighted by Gasteiger charge is 2.16. The summed E-state index contributed by atoms with van der Waals surface area (Å²) >= 11 is 0. The molecule has 1 atom stereocenters. The Morgan fingerprint density at radius 1 is 0.944 bits per heavy atom. The van der Waals surface area contributed by atoms with Gasteiger partial charge in [0.15, 0.2) is 0 Å². The summed E-state index contributed by atoms with van der Waals surface area (Å²) < 4.78 is 0. The van der Waals surface area contributed by atoms with Gasteiger partial charge in [-0.25, -0.2) is 0 Å². The molecular formula is C18H18. The lowest BCUT2D eigenvalue weighted by atomic mass is 9.92. The molecule has 0 aliphatic heterocycles. The molecule has 0 heterocycles. The van der Waals surface area contributed by atoms with Crippen LogP contribution in [0.25, 0.3) is 6.08 Å². The molecule has 1 aliphatic carbocycles. The van der Waals surface area contributed by atoms with Crippen LogP contribution in [0.15, 0.2) is 48.5 Å². The van der Waals surface area contributed by atoms with Gasteiger partial charge in [-0.15, -0.1) is 0 Å². The summed E-state index contributed by atoms with van der Waals surface area (Å²) in [4.78, 5) is 0. The van der Waals surface area contributed by atoms with E-state index in [-0.39, 0.29) is 0 Å². The fourth-order valence-corrected chi connectivity index (χ4v) is 2.69. The molecule has 0 saturated heterocycles. The first kappa shape index (κ1) is 11.3. The minimum absolute atomic E-state index is 0.545. The first-order valence-corrected chi connectivity index (χ1v) is 6.57. The zero-order valence-corrected chi connectivity index (χ0v) is 11.0. The topological polar surface area (TPSA) is 0 Å². The van der Waals surface area contributed by atoms with Crippen molar-refractivity contribution in [1.29, 1.82) is 0 Å². The van der Waals surface area contributed by atoms with Gasteiger partial charge < -0.3 is 0 Å². The molecule has 1 unspecified atom stereocenters. The van der Waals surface area contributed by atoms with E-state index >= 15 is 0 Å². The van der Waals surface area contributed by atoms with Crippen molar-refractivity contribution in [2.75, 3.05) is 0 Å². The van der Waals surface area contributed by atoms with Crippen molar-refractivity contribution in [3.05, 3.63) is 76.4 Å². The summed E-state index contributed by atoms with van der Waals surface area (Å²) in [5.41, 5.74) is 7.05. The molecule has 0 radical (unpaired) electrons. The number of allylic oxidation sites excluding steroid dienone is 1. The molecule has 0 heteroatoms. The maximum atomic E-state index is 2.33. The van der Waals surface area contributed by atoms with Crippen molar-refractivity contribution in [2.45, 2.75) is 26.2 Å². The highest BCUT2D eigenvalue weighted by molar-refractivity contribution is 5.62. The predicted octanol–water partition coefficient (Wildman–Crippen LogP) is 4.66. The third-order valence-electron chi connectivity index (χ3n) is 3.93.